The van der Waals surface area contributed by atoms with Gasteiger partial charge in [0, 0.05) is 13.2 Å². The lowest BCUT2D eigenvalue weighted by atomic mass is 10.2. The van der Waals surface area contributed by atoms with Gasteiger partial charge in [0.05, 0.1) is 6.61 Å². The highest BCUT2D eigenvalue weighted by atomic mass is 19.1. The number of rotatable bonds is 5. The molecule has 3 heteroatoms. The van der Waals surface area contributed by atoms with Gasteiger partial charge in [-0.3, -0.25) is 0 Å². The van der Waals surface area contributed by atoms with E-state index < -0.39 is 0 Å². The minimum absolute atomic E-state index is 0.142. The first-order chi connectivity index (χ1) is 6.33. The summed E-state index contributed by atoms with van der Waals surface area (Å²) in [6.07, 6.45) is 0.640. The van der Waals surface area contributed by atoms with E-state index in [4.69, 9.17) is 9.84 Å². The Hall–Kier alpha value is -0.930. The van der Waals surface area contributed by atoms with E-state index in [1.54, 1.807) is 12.1 Å². The van der Waals surface area contributed by atoms with Crippen molar-refractivity contribution >= 4 is 0 Å². The zero-order valence-electron chi connectivity index (χ0n) is 7.37. The molecule has 0 aliphatic carbocycles. The van der Waals surface area contributed by atoms with Gasteiger partial charge in [-0.05, 0) is 24.1 Å². The van der Waals surface area contributed by atoms with Gasteiger partial charge in [-0.25, -0.2) is 4.39 Å². The lowest BCUT2D eigenvalue weighted by molar-refractivity contribution is 0.104. The Labute approximate surface area is 77.0 Å². The van der Waals surface area contributed by atoms with Crippen LogP contribution in [-0.2, 0) is 11.3 Å². The summed E-state index contributed by atoms with van der Waals surface area (Å²) in [6.45, 7) is 1.15. The molecule has 2 nitrogen and oxygen atoms in total. The predicted molar refractivity (Wildman–Crippen MR) is 47.8 cm³/mol. The van der Waals surface area contributed by atoms with E-state index in [2.05, 4.69) is 0 Å². The Morgan fingerprint density at radius 3 is 2.54 bits per heavy atom. The van der Waals surface area contributed by atoms with Crippen LogP contribution in [0.3, 0.4) is 0 Å². The van der Waals surface area contributed by atoms with Crippen LogP contribution in [0.4, 0.5) is 4.39 Å². The van der Waals surface area contributed by atoms with Crippen molar-refractivity contribution in [1.82, 2.24) is 0 Å². The van der Waals surface area contributed by atoms with Crippen LogP contribution in [0.2, 0.25) is 0 Å². The van der Waals surface area contributed by atoms with Gasteiger partial charge in [0.1, 0.15) is 5.82 Å². The molecule has 0 amide bonds. The first-order valence-electron chi connectivity index (χ1n) is 4.26. The lowest BCUT2D eigenvalue weighted by Gasteiger charge is -2.02. The van der Waals surface area contributed by atoms with Gasteiger partial charge in [-0.15, -0.1) is 0 Å². The van der Waals surface area contributed by atoms with Gasteiger partial charge in [0.15, 0.2) is 0 Å². The quantitative estimate of drug-likeness (QED) is 0.706. The Kier molecular flexibility index (Phi) is 4.43. The van der Waals surface area contributed by atoms with Crippen LogP contribution in [0.15, 0.2) is 24.3 Å². The highest BCUT2D eigenvalue weighted by molar-refractivity contribution is 5.14. The third kappa shape index (κ3) is 4.01. The molecule has 1 aromatic carbocycles. The molecule has 0 spiro atoms. The molecule has 72 valence electrons. The third-order valence-corrected chi connectivity index (χ3v) is 1.63. The number of aliphatic hydroxyl groups is 1. The fourth-order valence-corrected chi connectivity index (χ4v) is 0.937. The normalized spacial score (nSPS) is 10.3. The lowest BCUT2D eigenvalue weighted by Crippen LogP contribution is -1.97. The molecule has 0 fully saturated rings. The Morgan fingerprint density at radius 2 is 1.92 bits per heavy atom. The zero-order chi connectivity index (χ0) is 9.52. The van der Waals surface area contributed by atoms with Crippen LogP contribution in [0.1, 0.15) is 12.0 Å². The maximum Gasteiger partial charge on any atom is 0.123 e. The van der Waals surface area contributed by atoms with Crippen LogP contribution in [0, 0.1) is 5.82 Å². The summed E-state index contributed by atoms with van der Waals surface area (Å²) in [5, 5.41) is 8.47. The van der Waals surface area contributed by atoms with Gasteiger partial charge in [-0.2, -0.15) is 0 Å². The van der Waals surface area contributed by atoms with Crippen LogP contribution in [0.5, 0.6) is 0 Å². The van der Waals surface area contributed by atoms with Gasteiger partial charge >= 0.3 is 0 Å². The van der Waals surface area contributed by atoms with Crippen molar-refractivity contribution in [2.75, 3.05) is 13.2 Å². The largest absolute Gasteiger partial charge is 0.396 e. The topological polar surface area (TPSA) is 29.5 Å². The second-order valence-electron chi connectivity index (χ2n) is 2.76. The van der Waals surface area contributed by atoms with Crippen molar-refractivity contribution in [2.24, 2.45) is 0 Å². The van der Waals surface area contributed by atoms with Crippen molar-refractivity contribution in [1.29, 1.82) is 0 Å². The minimum atomic E-state index is -0.237. The molecule has 1 aromatic rings. The van der Waals surface area contributed by atoms with E-state index in [0.717, 1.165) is 5.56 Å². The molecule has 1 rings (SSSR count). The summed E-state index contributed by atoms with van der Waals surface area (Å²) in [7, 11) is 0. The summed E-state index contributed by atoms with van der Waals surface area (Å²) in [5.41, 5.74) is 0.944. The molecule has 0 unspecified atom stereocenters. The average Bonchev–Trinajstić information content (AvgIpc) is 2.15. The number of halogens is 1. The van der Waals surface area contributed by atoms with Gasteiger partial charge < -0.3 is 9.84 Å². The van der Waals surface area contributed by atoms with Crippen LogP contribution < -0.4 is 0 Å². The summed E-state index contributed by atoms with van der Waals surface area (Å²) < 4.78 is 17.7. The Balaban J connectivity index is 2.25. The maximum atomic E-state index is 12.5. The molecule has 13 heavy (non-hydrogen) atoms. The van der Waals surface area contributed by atoms with E-state index in [1.807, 2.05) is 0 Å². The number of ether oxygens (including phenoxy) is 1. The molecular formula is C10H13FO2. The van der Waals surface area contributed by atoms with Crippen LogP contribution in [0.25, 0.3) is 0 Å². The van der Waals surface area contributed by atoms with Crippen molar-refractivity contribution in [3.05, 3.63) is 35.6 Å². The summed E-state index contributed by atoms with van der Waals surface area (Å²) in [6, 6.07) is 6.19. The van der Waals surface area contributed by atoms with Crippen molar-refractivity contribution in [3.8, 4) is 0 Å². The fourth-order valence-electron chi connectivity index (χ4n) is 0.937. The van der Waals surface area contributed by atoms with Crippen LogP contribution >= 0.6 is 0 Å². The van der Waals surface area contributed by atoms with E-state index in [0.29, 0.717) is 19.6 Å². The standard InChI is InChI=1S/C10H13FO2/c11-10-4-2-9(3-5-10)8-13-7-1-6-12/h2-5,12H,1,6-8H2. The molecule has 0 saturated heterocycles. The molecule has 0 bridgehead atoms. The van der Waals surface area contributed by atoms with E-state index in [-0.39, 0.29) is 12.4 Å². The van der Waals surface area contributed by atoms with E-state index >= 15 is 0 Å². The van der Waals surface area contributed by atoms with Crippen molar-refractivity contribution in [3.63, 3.8) is 0 Å². The summed E-state index contributed by atoms with van der Waals surface area (Å²) >= 11 is 0. The predicted octanol–water partition coefficient (Wildman–Crippen LogP) is 1.72. The first kappa shape index (κ1) is 10.2. The second kappa shape index (κ2) is 5.67. The fraction of sp³-hybridized carbons (Fsp3) is 0.400. The molecule has 0 aliphatic rings. The molecule has 1 N–H and O–H groups in total. The monoisotopic (exact) mass is 184 g/mol. The smallest absolute Gasteiger partial charge is 0.123 e. The maximum absolute atomic E-state index is 12.5. The molecule has 0 aliphatic heterocycles. The minimum Gasteiger partial charge on any atom is -0.396 e. The first-order valence-corrected chi connectivity index (χ1v) is 4.26. The SMILES string of the molecule is OCCCOCc1ccc(F)cc1. The number of benzene rings is 1. The van der Waals surface area contributed by atoms with E-state index in [1.165, 1.54) is 12.1 Å². The highest BCUT2D eigenvalue weighted by Gasteiger charge is 1.93. The average molecular weight is 184 g/mol. The Bertz CT molecular complexity index is 233. The molecule has 0 atom stereocenters. The van der Waals surface area contributed by atoms with Gasteiger partial charge in [0.2, 0.25) is 0 Å². The molecular weight excluding hydrogens is 171 g/mol. The second-order valence-corrected chi connectivity index (χ2v) is 2.76. The Morgan fingerprint density at radius 1 is 1.23 bits per heavy atom. The summed E-state index contributed by atoms with van der Waals surface area (Å²) in [4.78, 5) is 0. The van der Waals surface area contributed by atoms with Crippen molar-refractivity contribution in [2.45, 2.75) is 13.0 Å². The summed E-state index contributed by atoms with van der Waals surface area (Å²) in [5.74, 6) is -0.237. The van der Waals surface area contributed by atoms with Gasteiger partial charge in [0.25, 0.3) is 0 Å². The highest BCUT2D eigenvalue weighted by Crippen LogP contribution is 2.03. The molecule has 0 heterocycles. The number of aliphatic hydroxyl groups excluding tert-OH is 1. The van der Waals surface area contributed by atoms with Crippen LogP contribution in [-0.4, -0.2) is 18.3 Å². The molecule has 0 radical (unpaired) electrons. The number of hydrogen-bond donors (Lipinski definition) is 1. The van der Waals surface area contributed by atoms with Crippen molar-refractivity contribution < 1.29 is 14.2 Å². The number of hydrogen-bond acceptors (Lipinski definition) is 2. The molecule has 0 aromatic heterocycles. The van der Waals surface area contributed by atoms with Gasteiger partial charge in [-0.1, -0.05) is 12.1 Å². The third-order valence-electron chi connectivity index (χ3n) is 1.63. The zero-order valence-corrected chi connectivity index (χ0v) is 7.37. The molecule has 0 saturated carbocycles. The van der Waals surface area contributed by atoms with E-state index in [9.17, 15) is 4.39 Å².